The van der Waals surface area contributed by atoms with Crippen LogP contribution in [-0.4, -0.2) is 26.4 Å². The maximum absolute atomic E-state index is 12.6. The number of carbonyl (C=O) groups is 1. The van der Waals surface area contributed by atoms with Crippen molar-refractivity contribution < 1.29 is 23.1 Å². The van der Waals surface area contributed by atoms with Crippen LogP contribution in [0.1, 0.15) is 35.0 Å². The lowest BCUT2D eigenvalue weighted by Crippen LogP contribution is -2.40. The van der Waals surface area contributed by atoms with Crippen molar-refractivity contribution in [2.24, 2.45) is 0 Å². The molecule has 0 aromatic carbocycles. The molecule has 25 heavy (non-hydrogen) atoms. The molecule has 0 saturated carbocycles. The highest BCUT2D eigenvalue weighted by Crippen LogP contribution is 2.31. The van der Waals surface area contributed by atoms with E-state index in [0.717, 1.165) is 9.13 Å². The molecule has 0 saturated heterocycles. The molecule has 0 unspecified atom stereocenters. The van der Waals surface area contributed by atoms with E-state index in [0.29, 0.717) is 17.8 Å². The van der Waals surface area contributed by atoms with Gasteiger partial charge in [-0.2, -0.15) is 13.2 Å². The molecular formula is C14H14BrF3N2O4S. The van der Waals surface area contributed by atoms with Crippen LogP contribution in [0.25, 0.3) is 10.2 Å². The van der Waals surface area contributed by atoms with E-state index in [9.17, 15) is 32.7 Å². The minimum atomic E-state index is -4.48. The molecule has 2 heterocycles. The largest absolute Gasteiger partial charge is 0.477 e. The summed E-state index contributed by atoms with van der Waals surface area (Å²) in [5.74, 6) is -1.30. The van der Waals surface area contributed by atoms with E-state index in [1.54, 1.807) is 6.92 Å². The number of thiophene rings is 1. The zero-order valence-electron chi connectivity index (χ0n) is 13.0. The summed E-state index contributed by atoms with van der Waals surface area (Å²) >= 11 is 3.76. The summed E-state index contributed by atoms with van der Waals surface area (Å²) < 4.78 is 39.5. The van der Waals surface area contributed by atoms with Crippen molar-refractivity contribution >= 4 is 43.5 Å². The topological polar surface area (TPSA) is 81.3 Å². The first-order valence-corrected chi connectivity index (χ1v) is 9.21. The smallest absolute Gasteiger partial charge is 0.390 e. The number of carboxylic acid groups (broad SMARTS) is 1. The lowest BCUT2D eigenvalue weighted by atomic mass is 10.2. The summed E-state index contributed by atoms with van der Waals surface area (Å²) in [5.41, 5.74) is -1.37. The van der Waals surface area contributed by atoms with Crippen molar-refractivity contribution in [3.05, 3.63) is 31.3 Å². The second-order valence-corrected chi connectivity index (χ2v) is 6.84. The van der Waals surface area contributed by atoms with Crippen LogP contribution in [0.4, 0.5) is 13.2 Å². The molecule has 0 bridgehead atoms. The number of aromatic carboxylic acids is 1. The Balaban J connectivity index is 2.87. The molecule has 2 aromatic heterocycles. The minimum Gasteiger partial charge on any atom is -0.477 e. The fourth-order valence-corrected chi connectivity index (χ4v) is 4.39. The van der Waals surface area contributed by atoms with Crippen LogP contribution in [0.5, 0.6) is 0 Å². The predicted molar refractivity (Wildman–Crippen MR) is 90.9 cm³/mol. The fourth-order valence-electron chi connectivity index (χ4n) is 2.47. The highest BCUT2D eigenvalue weighted by Gasteiger charge is 2.29. The van der Waals surface area contributed by atoms with Crippen LogP contribution >= 0.6 is 27.3 Å². The molecule has 0 spiro atoms. The quantitative estimate of drug-likeness (QED) is 0.696. The third-order valence-corrected chi connectivity index (χ3v) is 5.35. The van der Waals surface area contributed by atoms with Gasteiger partial charge in [0.25, 0.3) is 5.56 Å². The van der Waals surface area contributed by atoms with E-state index in [-0.39, 0.29) is 32.5 Å². The standard InChI is InChI=1S/C14H14BrF3N2O4S/c1-2-4-19-10(21)8-7(6-15)9(12(22)23)25-11(8)20(13(19)24)5-3-14(16,17)18/h2-6H2,1H3,(H,22,23). The number of aryl methyl sites for hydroxylation is 1. The van der Waals surface area contributed by atoms with Crippen molar-refractivity contribution in [1.29, 1.82) is 0 Å². The molecule has 0 fully saturated rings. The Morgan fingerprint density at radius 3 is 2.36 bits per heavy atom. The van der Waals surface area contributed by atoms with Gasteiger partial charge in [-0.05, 0) is 6.42 Å². The first-order chi connectivity index (χ1) is 11.6. The van der Waals surface area contributed by atoms with Crippen molar-refractivity contribution in [2.75, 3.05) is 0 Å². The third-order valence-electron chi connectivity index (χ3n) is 3.55. The summed E-state index contributed by atoms with van der Waals surface area (Å²) in [4.78, 5) is 36.3. The highest BCUT2D eigenvalue weighted by atomic mass is 79.9. The van der Waals surface area contributed by atoms with Gasteiger partial charge in [0.15, 0.2) is 0 Å². The Morgan fingerprint density at radius 2 is 1.88 bits per heavy atom. The number of nitrogens with zero attached hydrogens (tertiary/aromatic N) is 2. The zero-order chi connectivity index (χ0) is 18.9. The van der Waals surface area contributed by atoms with Gasteiger partial charge in [-0.15, -0.1) is 11.3 Å². The second-order valence-electron chi connectivity index (χ2n) is 5.28. The van der Waals surface area contributed by atoms with Crippen LogP contribution < -0.4 is 11.2 Å². The van der Waals surface area contributed by atoms with Gasteiger partial charge in [-0.1, -0.05) is 22.9 Å². The number of alkyl halides is 4. The molecule has 2 aromatic rings. The Hall–Kier alpha value is -1.62. The zero-order valence-corrected chi connectivity index (χ0v) is 15.4. The molecule has 1 N–H and O–H groups in total. The second kappa shape index (κ2) is 7.32. The number of hydrogen-bond donors (Lipinski definition) is 1. The van der Waals surface area contributed by atoms with Crippen molar-refractivity contribution in [3.63, 3.8) is 0 Å². The van der Waals surface area contributed by atoms with Crippen molar-refractivity contribution in [2.45, 2.75) is 44.4 Å². The summed E-state index contributed by atoms with van der Waals surface area (Å²) in [6, 6.07) is 0. The van der Waals surface area contributed by atoms with Gasteiger partial charge in [0.05, 0.1) is 11.8 Å². The molecule has 11 heteroatoms. The molecule has 6 nitrogen and oxygen atoms in total. The molecule has 0 aliphatic carbocycles. The lowest BCUT2D eigenvalue weighted by Gasteiger charge is -2.13. The molecule has 138 valence electrons. The van der Waals surface area contributed by atoms with Crippen LogP contribution in [0, 0.1) is 0 Å². The molecule has 0 amide bonds. The number of carboxylic acids is 1. The normalized spacial score (nSPS) is 12.0. The van der Waals surface area contributed by atoms with Gasteiger partial charge in [-0.3, -0.25) is 13.9 Å². The van der Waals surface area contributed by atoms with E-state index in [1.165, 1.54) is 0 Å². The Labute approximate surface area is 151 Å². The minimum absolute atomic E-state index is 0.0190. The van der Waals surface area contributed by atoms with Crippen molar-refractivity contribution in [1.82, 2.24) is 9.13 Å². The maximum atomic E-state index is 12.6. The molecule has 0 atom stereocenters. The first kappa shape index (κ1) is 19.7. The number of rotatable bonds is 6. The van der Waals surface area contributed by atoms with Crippen LogP contribution in [0.2, 0.25) is 0 Å². The van der Waals surface area contributed by atoms with Crippen LogP contribution in [0.3, 0.4) is 0 Å². The van der Waals surface area contributed by atoms with Gasteiger partial charge < -0.3 is 5.11 Å². The van der Waals surface area contributed by atoms with Gasteiger partial charge in [0.2, 0.25) is 0 Å². The molecule has 0 radical (unpaired) electrons. The number of aromatic nitrogens is 2. The Morgan fingerprint density at radius 1 is 1.24 bits per heavy atom. The Bertz CT molecular complexity index is 929. The van der Waals surface area contributed by atoms with E-state index in [2.05, 4.69) is 15.9 Å². The van der Waals surface area contributed by atoms with Gasteiger partial charge in [0.1, 0.15) is 9.71 Å². The highest BCUT2D eigenvalue weighted by molar-refractivity contribution is 9.08. The van der Waals surface area contributed by atoms with E-state index < -0.39 is 36.4 Å². The first-order valence-electron chi connectivity index (χ1n) is 7.27. The maximum Gasteiger partial charge on any atom is 0.390 e. The van der Waals surface area contributed by atoms with Crippen LogP contribution in [0.15, 0.2) is 9.59 Å². The number of fused-ring (bicyclic) bond motifs is 1. The lowest BCUT2D eigenvalue weighted by molar-refractivity contribution is -0.136. The monoisotopic (exact) mass is 442 g/mol. The van der Waals surface area contributed by atoms with Crippen LogP contribution in [-0.2, 0) is 18.4 Å². The van der Waals surface area contributed by atoms with Gasteiger partial charge in [0, 0.05) is 24.0 Å². The summed E-state index contributed by atoms with van der Waals surface area (Å²) in [6.07, 6.45) is -5.31. The molecular weight excluding hydrogens is 429 g/mol. The third kappa shape index (κ3) is 3.81. The Kier molecular flexibility index (Phi) is 5.77. The molecule has 2 rings (SSSR count). The summed E-state index contributed by atoms with van der Waals surface area (Å²) in [5, 5.41) is 9.31. The van der Waals surface area contributed by atoms with E-state index in [4.69, 9.17) is 0 Å². The average molecular weight is 443 g/mol. The van der Waals surface area contributed by atoms with Gasteiger partial charge >= 0.3 is 17.8 Å². The average Bonchev–Trinajstić information content (AvgIpc) is 2.90. The fraction of sp³-hybridized carbons (Fsp3) is 0.500. The van der Waals surface area contributed by atoms with E-state index in [1.807, 2.05) is 0 Å². The predicted octanol–water partition coefficient (Wildman–Crippen LogP) is 3.18. The SMILES string of the molecule is CCCn1c(=O)c2c(CBr)c(C(=O)O)sc2n(CCC(F)(F)F)c1=O. The number of halogens is 4. The molecule has 0 aliphatic rings. The van der Waals surface area contributed by atoms with Crippen molar-refractivity contribution in [3.8, 4) is 0 Å². The van der Waals surface area contributed by atoms with E-state index >= 15 is 0 Å². The summed E-state index contributed by atoms with van der Waals surface area (Å²) in [7, 11) is 0. The van der Waals surface area contributed by atoms with Gasteiger partial charge in [-0.25, -0.2) is 9.59 Å². The molecule has 0 aliphatic heterocycles. The summed E-state index contributed by atoms with van der Waals surface area (Å²) in [6.45, 7) is 1.08. The number of hydrogen-bond acceptors (Lipinski definition) is 4.